The lowest BCUT2D eigenvalue weighted by Gasteiger charge is -2.43. The van der Waals surface area contributed by atoms with E-state index in [9.17, 15) is 0 Å². The highest BCUT2D eigenvalue weighted by molar-refractivity contribution is 6.30. The molecule has 3 atom stereocenters. The number of anilines is 1. The number of ether oxygens (including phenoxy) is 2. The largest absolute Gasteiger partial charge is 0.481 e. The minimum Gasteiger partial charge on any atom is -0.481 e. The number of terminal acetylenes is 1. The summed E-state index contributed by atoms with van der Waals surface area (Å²) in [5.74, 6) is 3.66. The number of hydrogen-bond donors (Lipinski definition) is 1. The van der Waals surface area contributed by atoms with E-state index < -0.39 is 0 Å². The summed E-state index contributed by atoms with van der Waals surface area (Å²) in [4.78, 5) is 0. The maximum absolute atomic E-state index is 6.21. The van der Waals surface area contributed by atoms with E-state index in [-0.39, 0.29) is 18.8 Å². The SMILES string of the molecule is C#CCOc1ccc(C2Nc3ccc(Cl)cc3[C@H]3OCCC[C@@H]23)cc1. The third-order valence-electron chi connectivity index (χ3n) is 4.99. The molecule has 2 aliphatic heterocycles. The molecule has 0 spiro atoms. The Morgan fingerprint density at radius 3 is 2.88 bits per heavy atom. The summed E-state index contributed by atoms with van der Waals surface area (Å²) < 4.78 is 11.6. The molecule has 1 saturated heterocycles. The van der Waals surface area contributed by atoms with E-state index in [4.69, 9.17) is 27.5 Å². The summed E-state index contributed by atoms with van der Waals surface area (Å²) in [7, 11) is 0. The van der Waals surface area contributed by atoms with Crippen molar-refractivity contribution in [2.24, 2.45) is 5.92 Å². The zero-order valence-electron chi connectivity index (χ0n) is 13.9. The Hall–Kier alpha value is -2.15. The molecule has 0 saturated carbocycles. The fraction of sp³-hybridized carbons (Fsp3) is 0.333. The lowest BCUT2D eigenvalue weighted by Crippen LogP contribution is -2.35. The van der Waals surface area contributed by atoms with Crippen molar-refractivity contribution >= 4 is 17.3 Å². The van der Waals surface area contributed by atoms with Gasteiger partial charge in [0.05, 0.1) is 12.1 Å². The minimum atomic E-state index is 0.0890. The molecule has 1 unspecified atom stereocenters. The number of benzene rings is 2. The zero-order valence-corrected chi connectivity index (χ0v) is 14.6. The van der Waals surface area contributed by atoms with Gasteiger partial charge in [-0.25, -0.2) is 0 Å². The van der Waals surface area contributed by atoms with Gasteiger partial charge < -0.3 is 14.8 Å². The second kappa shape index (κ2) is 7.00. The number of nitrogens with one attached hydrogen (secondary N) is 1. The first-order valence-corrected chi connectivity index (χ1v) is 8.98. The van der Waals surface area contributed by atoms with E-state index in [2.05, 4.69) is 23.4 Å². The van der Waals surface area contributed by atoms with Crippen molar-refractivity contribution < 1.29 is 9.47 Å². The predicted molar refractivity (Wildman–Crippen MR) is 100 cm³/mol. The van der Waals surface area contributed by atoms with Crippen molar-refractivity contribution in [2.45, 2.75) is 25.0 Å². The topological polar surface area (TPSA) is 30.5 Å². The van der Waals surface area contributed by atoms with Crippen LogP contribution in [0.3, 0.4) is 0 Å². The van der Waals surface area contributed by atoms with Crippen molar-refractivity contribution in [3.05, 3.63) is 58.6 Å². The third-order valence-corrected chi connectivity index (χ3v) is 5.22. The molecular weight excluding hydrogens is 334 g/mol. The first kappa shape index (κ1) is 16.3. The Kier molecular flexibility index (Phi) is 4.57. The molecular formula is C21H20ClNO2. The summed E-state index contributed by atoms with van der Waals surface area (Å²) in [6.45, 7) is 1.09. The predicted octanol–water partition coefficient (Wildman–Crippen LogP) is 4.99. The van der Waals surface area contributed by atoms with Gasteiger partial charge in [-0.1, -0.05) is 29.7 Å². The van der Waals surface area contributed by atoms with E-state index >= 15 is 0 Å². The molecule has 3 nitrogen and oxygen atoms in total. The van der Waals surface area contributed by atoms with Gasteiger partial charge in [-0.3, -0.25) is 0 Å². The van der Waals surface area contributed by atoms with Crippen LogP contribution in [0.1, 0.15) is 36.1 Å². The number of hydrogen-bond acceptors (Lipinski definition) is 3. The molecule has 4 rings (SSSR count). The van der Waals surface area contributed by atoms with Gasteiger partial charge in [0.25, 0.3) is 0 Å². The van der Waals surface area contributed by atoms with Gasteiger partial charge in [-0.2, -0.15) is 0 Å². The van der Waals surface area contributed by atoms with Crippen LogP contribution in [0.2, 0.25) is 5.02 Å². The quantitative estimate of drug-likeness (QED) is 0.789. The molecule has 0 aromatic heterocycles. The number of halogens is 1. The highest BCUT2D eigenvalue weighted by Gasteiger charge is 2.39. The van der Waals surface area contributed by atoms with Crippen LogP contribution in [0.15, 0.2) is 42.5 Å². The van der Waals surface area contributed by atoms with E-state index in [0.717, 1.165) is 35.9 Å². The first-order chi connectivity index (χ1) is 12.3. The minimum absolute atomic E-state index is 0.0890. The van der Waals surface area contributed by atoms with Crippen LogP contribution in [0, 0.1) is 18.3 Å². The average molecular weight is 354 g/mol. The van der Waals surface area contributed by atoms with Gasteiger partial charge in [-0.05, 0) is 48.7 Å². The standard InChI is InChI=1S/C21H20ClNO2/c1-2-11-24-16-8-5-14(6-9-16)20-17-4-3-12-25-21(17)18-13-15(22)7-10-19(18)23-20/h1,5-10,13,17,20-21,23H,3-4,11-12H2/t17-,20?,21-/m0/s1. The van der Waals surface area contributed by atoms with E-state index in [0.29, 0.717) is 5.92 Å². The lowest BCUT2D eigenvalue weighted by atomic mass is 9.77. The normalized spacial score (nSPS) is 24.4. The van der Waals surface area contributed by atoms with Crippen molar-refractivity contribution in [1.29, 1.82) is 0 Å². The fourth-order valence-corrected chi connectivity index (χ4v) is 4.05. The molecule has 2 aromatic rings. The van der Waals surface area contributed by atoms with Gasteiger partial charge in [0.2, 0.25) is 0 Å². The van der Waals surface area contributed by atoms with Gasteiger partial charge in [0, 0.05) is 28.8 Å². The maximum Gasteiger partial charge on any atom is 0.148 e. The molecule has 0 radical (unpaired) electrons. The molecule has 2 aliphatic rings. The average Bonchev–Trinajstić information content (AvgIpc) is 2.66. The van der Waals surface area contributed by atoms with Crippen molar-refractivity contribution in [1.82, 2.24) is 0 Å². The summed E-state index contributed by atoms with van der Waals surface area (Å²) in [6.07, 6.45) is 7.54. The lowest BCUT2D eigenvalue weighted by molar-refractivity contribution is -0.0381. The van der Waals surface area contributed by atoms with E-state index in [1.807, 2.05) is 30.3 Å². The van der Waals surface area contributed by atoms with E-state index in [1.54, 1.807) is 0 Å². The van der Waals surface area contributed by atoms with Crippen LogP contribution in [-0.2, 0) is 4.74 Å². The van der Waals surface area contributed by atoms with Gasteiger partial charge in [-0.15, -0.1) is 6.42 Å². The van der Waals surface area contributed by atoms with Crippen LogP contribution < -0.4 is 10.1 Å². The Morgan fingerprint density at radius 2 is 2.08 bits per heavy atom. The molecule has 128 valence electrons. The maximum atomic E-state index is 6.21. The molecule has 2 aromatic carbocycles. The van der Waals surface area contributed by atoms with Gasteiger partial charge in [0.15, 0.2) is 0 Å². The number of fused-ring (bicyclic) bond motifs is 3. The van der Waals surface area contributed by atoms with Crippen LogP contribution >= 0.6 is 11.6 Å². The molecule has 1 N–H and O–H groups in total. The summed E-state index contributed by atoms with van der Waals surface area (Å²) in [5, 5.41) is 4.44. The zero-order chi connectivity index (χ0) is 17.2. The molecule has 0 amide bonds. The third kappa shape index (κ3) is 3.20. The second-order valence-corrected chi connectivity index (χ2v) is 6.95. The summed E-state index contributed by atoms with van der Waals surface area (Å²) in [6, 6.07) is 14.4. The van der Waals surface area contributed by atoms with Gasteiger partial charge >= 0.3 is 0 Å². The fourth-order valence-electron chi connectivity index (χ4n) is 3.87. The van der Waals surface area contributed by atoms with E-state index in [1.165, 1.54) is 11.1 Å². The molecule has 0 aliphatic carbocycles. The molecule has 25 heavy (non-hydrogen) atoms. The highest BCUT2D eigenvalue weighted by atomic mass is 35.5. The van der Waals surface area contributed by atoms with Crippen molar-refractivity contribution in [2.75, 3.05) is 18.5 Å². The van der Waals surface area contributed by atoms with Gasteiger partial charge in [0.1, 0.15) is 12.4 Å². The molecule has 4 heteroatoms. The monoisotopic (exact) mass is 353 g/mol. The van der Waals surface area contributed by atoms with Crippen LogP contribution in [0.4, 0.5) is 5.69 Å². The molecule has 1 fully saturated rings. The first-order valence-electron chi connectivity index (χ1n) is 8.60. The van der Waals surface area contributed by atoms with Crippen LogP contribution in [0.25, 0.3) is 0 Å². The molecule has 0 bridgehead atoms. The Labute approximate surface area is 153 Å². The highest BCUT2D eigenvalue weighted by Crippen LogP contribution is 2.49. The Morgan fingerprint density at radius 1 is 1.24 bits per heavy atom. The van der Waals surface area contributed by atoms with Crippen LogP contribution in [-0.4, -0.2) is 13.2 Å². The summed E-state index contributed by atoms with van der Waals surface area (Å²) in [5.41, 5.74) is 3.50. The van der Waals surface area contributed by atoms with Crippen molar-refractivity contribution in [3.63, 3.8) is 0 Å². The smallest absolute Gasteiger partial charge is 0.148 e. The summed E-state index contributed by atoms with van der Waals surface area (Å²) >= 11 is 6.21. The Bertz CT molecular complexity index is 797. The Balaban J connectivity index is 1.65. The second-order valence-electron chi connectivity index (χ2n) is 6.51. The number of rotatable bonds is 3. The molecule has 2 heterocycles. The van der Waals surface area contributed by atoms with Crippen LogP contribution in [0.5, 0.6) is 5.75 Å². The van der Waals surface area contributed by atoms with Crippen molar-refractivity contribution in [3.8, 4) is 18.1 Å².